The van der Waals surface area contributed by atoms with Crippen LogP contribution in [0.2, 0.25) is 0 Å². The summed E-state index contributed by atoms with van der Waals surface area (Å²) in [4.78, 5) is 16.0. The van der Waals surface area contributed by atoms with E-state index >= 15 is 0 Å². The van der Waals surface area contributed by atoms with Crippen molar-refractivity contribution >= 4 is 5.97 Å². The van der Waals surface area contributed by atoms with Crippen LogP contribution in [0.5, 0.6) is 0 Å². The molecule has 136 valence electrons. The van der Waals surface area contributed by atoms with Crippen molar-refractivity contribution in [2.75, 3.05) is 0 Å². The monoisotopic (exact) mass is 354 g/mol. The maximum atomic E-state index is 13.6. The first kappa shape index (κ1) is 19.6. The number of hydrogen-bond donors (Lipinski definition) is 0. The molecule has 26 heavy (non-hydrogen) atoms. The lowest BCUT2D eigenvalue weighted by atomic mass is 9.87. The Kier molecular flexibility index (Phi) is 5.76. The van der Waals surface area contributed by atoms with Gasteiger partial charge in [0.2, 0.25) is 5.95 Å². The summed E-state index contributed by atoms with van der Waals surface area (Å²) in [5.41, 5.74) is 2.73. The number of ether oxygens (including phenoxy) is 1. The van der Waals surface area contributed by atoms with Crippen molar-refractivity contribution in [3.8, 4) is 17.2 Å². The number of carbonyl (C=O) groups excluding carboxylic acids is 1. The van der Waals surface area contributed by atoms with Gasteiger partial charge >= 0.3 is 5.97 Å². The molecule has 1 aromatic heterocycles. The van der Waals surface area contributed by atoms with E-state index in [0.29, 0.717) is 16.7 Å². The molecule has 0 atom stereocenters. The summed E-state index contributed by atoms with van der Waals surface area (Å²) in [5.74, 6) is -0.884. The molecule has 0 fully saturated rings. The number of aromatic nitrogens is 1. The molecule has 4 nitrogen and oxygen atoms in total. The minimum atomic E-state index is -0.612. The molecule has 0 aliphatic rings. The van der Waals surface area contributed by atoms with Crippen LogP contribution in [0.3, 0.4) is 0 Å². The molecular weight excluding hydrogens is 331 g/mol. The van der Waals surface area contributed by atoms with Gasteiger partial charge in [0.15, 0.2) is 0 Å². The van der Waals surface area contributed by atoms with Crippen molar-refractivity contribution in [2.24, 2.45) is 0 Å². The molecule has 0 bridgehead atoms. The van der Waals surface area contributed by atoms with Crippen LogP contribution in [-0.4, -0.2) is 16.6 Å². The normalized spacial score (nSPS) is 11.3. The topological polar surface area (TPSA) is 63.0 Å². The molecule has 1 aromatic carbocycles. The van der Waals surface area contributed by atoms with Crippen molar-refractivity contribution in [1.29, 1.82) is 5.26 Å². The lowest BCUT2D eigenvalue weighted by molar-refractivity contribution is -0.153. The summed E-state index contributed by atoms with van der Waals surface area (Å²) in [6.45, 7) is 9.42. The van der Waals surface area contributed by atoms with Crippen LogP contribution in [0, 0.1) is 17.3 Å². The highest BCUT2D eigenvalue weighted by atomic mass is 19.1. The third-order valence-electron chi connectivity index (χ3n) is 3.81. The average Bonchev–Trinajstić information content (AvgIpc) is 2.52. The second-order valence-electron chi connectivity index (χ2n) is 7.49. The number of pyridine rings is 1. The van der Waals surface area contributed by atoms with E-state index in [4.69, 9.17) is 4.74 Å². The summed E-state index contributed by atoms with van der Waals surface area (Å²) in [6, 6.07) is 8.58. The summed E-state index contributed by atoms with van der Waals surface area (Å²) in [5, 5.41) is 9.37. The molecule has 0 unspecified atom stereocenters. The molecule has 0 saturated heterocycles. The van der Waals surface area contributed by atoms with Crippen LogP contribution in [0.15, 0.2) is 30.5 Å². The number of rotatable bonds is 4. The van der Waals surface area contributed by atoms with Crippen LogP contribution < -0.4 is 0 Å². The van der Waals surface area contributed by atoms with E-state index in [2.05, 4.69) is 11.1 Å². The van der Waals surface area contributed by atoms with Gasteiger partial charge in [0.05, 0.1) is 18.1 Å². The molecule has 2 rings (SSSR count). The maximum absolute atomic E-state index is 13.6. The minimum Gasteiger partial charge on any atom is -0.460 e. The Balaban J connectivity index is 2.63. The van der Waals surface area contributed by atoms with E-state index in [0.717, 1.165) is 11.1 Å². The summed E-state index contributed by atoms with van der Waals surface area (Å²) < 4.78 is 19.1. The highest BCUT2D eigenvalue weighted by Crippen LogP contribution is 2.33. The van der Waals surface area contributed by atoms with E-state index in [-0.39, 0.29) is 18.3 Å². The fourth-order valence-electron chi connectivity index (χ4n) is 2.82. The first-order chi connectivity index (χ1) is 12.1. The zero-order valence-corrected chi connectivity index (χ0v) is 15.8. The van der Waals surface area contributed by atoms with Gasteiger partial charge in [0.1, 0.15) is 5.60 Å². The molecular formula is C21H23FN2O2. The van der Waals surface area contributed by atoms with Crippen molar-refractivity contribution < 1.29 is 13.9 Å². The molecule has 5 heteroatoms. The van der Waals surface area contributed by atoms with E-state index in [9.17, 15) is 14.4 Å². The lowest BCUT2D eigenvalue weighted by Crippen LogP contribution is -2.25. The van der Waals surface area contributed by atoms with Gasteiger partial charge in [-0.05, 0) is 67.1 Å². The van der Waals surface area contributed by atoms with E-state index in [1.807, 2.05) is 34.6 Å². The summed E-state index contributed by atoms with van der Waals surface area (Å²) in [7, 11) is 0. The van der Waals surface area contributed by atoms with Crippen LogP contribution in [-0.2, 0) is 16.0 Å². The number of benzene rings is 1. The Bertz CT molecular complexity index is 861. The predicted molar refractivity (Wildman–Crippen MR) is 98.0 cm³/mol. The fraction of sp³-hybridized carbons (Fsp3) is 0.381. The Labute approximate surface area is 153 Å². The number of esters is 1. The van der Waals surface area contributed by atoms with Crippen LogP contribution in [0.1, 0.15) is 57.2 Å². The zero-order valence-electron chi connectivity index (χ0n) is 15.8. The Morgan fingerprint density at radius 2 is 2.00 bits per heavy atom. The number of nitriles is 1. The second kappa shape index (κ2) is 7.65. The van der Waals surface area contributed by atoms with Gasteiger partial charge in [0.25, 0.3) is 0 Å². The van der Waals surface area contributed by atoms with Gasteiger partial charge in [-0.25, -0.2) is 4.98 Å². The van der Waals surface area contributed by atoms with E-state index in [1.165, 1.54) is 12.3 Å². The van der Waals surface area contributed by atoms with Gasteiger partial charge in [-0.1, -0.05) is 13.8 Å². The highest BCUT2D eigenvalue weighted by molar-refractivity contribution is 5.80. The van der Waals surface area contributed by atoms with Crippen molar-refractivity contribution in [2.45, 2.75) is 52.6 Å². The van der Waals surface area contributed by atoms with E-state index < -0.39 is 11.5 Å². The van der Waals surface area contributed by atoms with Crippen LogP contribution >= 0.6 is 0 Å². The van der Waals surface area contributed by atoms with E-state index in [1.54, 1.807) is 18.2 Å². The first-order valence-electron chi connectivity index (χ1n) is 8.51. The fourth-order valence-corrected chi connectivity index (χ4v) is 2.82. The third-order valence-corrected chi connectivity index (χ3v) is 3.81. The largest absolute Gasteiger partial charge is 0.460 e. The maximum Gasteiger partial charge on any atom is 0.310 e. The Morgan fingerprint density at radius 3 is 2.54 bits per heavy atom. The van der Waals surface area contributed by atoms with Gasteiger partial charge in [-0.2, -0.15) is 9.65 Å². The van der Waals surface area contributed by atoms with Crippen LogP contribution in [0.4, 0.5) is 4.39 Å². The molecule has 2 aromatic rings. The van der Waals surface area contributed by atoms with Crippen molar-refractivity contribution in [3.05, 3.63) is 53.1 Å². The standard InChI is InChI=1S/C21H23FN2O2/c1-13(2)16-8-14(12-23)9-17(15-6-7-24-19(22)10-15)18(16)11-20(25)26-21(3,4)5/h6-10,13H,11H2,1-5H3. The molecule has 0 saturated carbocycles. The molecule has 1 heterocycles. The SMILES string of the molecule is CC(C)c1cc(C#N)cc(-c2ccnc(F)c2)c1CC(=O)OC(C)(C)C. The van der Waals surface area contributed by atoms with Gasteiger partial charge < -0.3 is 4.74 Å². The highest BCUT2D eigenvalue weighted by Gasteiger charge is 2.22. The quantitative estimate of drug-likeness (QED) is 0.586. The van der Waals surface area contributed by atoms with Crippen molar-refractivity contribution in [1.82, 2.24) is 4.98 Å². The molecule has 0 amide bonds. The number of hydrogen-bond acceptors (Lipinski definition) is 4. The van der Waals surface area contributed by atoms with Crippen LogP contribution in [0.25, 0.3) is 11.1 Å². The molecule has 0 aliphatic heterocycles. The van der Waals surface area contributed by atoms with Gasteiger partial charge in [-0.3, -0.25) is 4.79 Å². The minimum absolute atomic E-state index is 0.0514. The molecule has 0 aliphatic carbocycles. The third kappa shape index (κ3) is 4.89. The Hall–Kier alpha value is -2.74. The zero-order chi connectivity index (χ0) is 19.5. The number of nitrogens with zero attached hydrogens (tertiary/aromatic N) is 2. The molecule has 0 radical (unpaired) electrons. The smallest absolute Gasteiger partial charge is 0.310 e. The number of carbonyl (C=O) groups is 1. The second-order valence-corrected chi connectivity index (χ2v) is 7.49. The number of halogens is 1. The van der Waals surface area contributed by atoms with Crippen molar-refractivity contribution in [3.63, 3.8) is 0 Å². The first-order valence-corrected chi connectivity index (χ1v) is 8.51. The Morgan fingerprint density at radius 1 is 1.31 bits per heavy atom. The molecule has 0 spiro atoms. The van der Waals surface area contributed by atoms with Gasteiger partial charge in [0, 0.05) is 12.3 Å². The van der Waals surface area contributed by atoms with Gasteiger partial charge in [-0.15, -0.1) is 0 Å². The predicted octanol–water partition coefficient (Wildman–Crippen LogP) is 4.77. The average molecular weight is 354 g/mol. The molecule has 0 N–H and O–H groups in total. The summed E-state index contributed by atoms with van der Waals surface area (Å²) in [6.07, 6.45) is 1.42. The lowest BCUT2D eigenvalue weighted by Gasteiger charge is -2.22. The summed E-state index contributed by atoms with van der Waals surface area (Å²) >= 11 is 0.